The maximum absolute atomic E-state index is 3.87. The number of nitrogens with zero attached hydrogens (tertiary/aromatic N) is 1. The Kier molecular flexibility index (Phi) is 5.54. The molecule has 1 saturated carbocycles. The number of aryl methyl sites for hydroxylation is 1. The zero-order chi connectivity index (χ0) is 15.4. The van der Waals surface area contributed by atoms with Crippen molar-refractivity contribution in [2.24, 2.45) is 5.92 Å². The molecule has 0 radical (unpaired) electrons. The van der Waals surface area contributed by atoms with Crippen molar-refractivity contribution in [1.29, 1.82) is 0 Å². The Morgan fingerprint density at radius 2 is 1.82 bits per heavy atom. The molecular weight excluding hydrogens is 268 g/mol. The van der Waals surface area contributed by atoms with Gasteiger partial charge >= 0.3 is 0 Å². The van der Waals surface area contributed by atoms with E-state index in [1.165, 1.54) is 62.9 Å². The van der Waals surface area contributed by atoms with Gasteiger partial charge < -0.3 is 10.2 Å². The first-order valence-corrected chi connectivity index (χ1v) is 9.25. The van der Waals surface area contributed by atoms with Crippen molar-refractivity contribution in [3.8, 4) is 0 Å². The molecular formula is C20H32N2. The number of nitrogens with one attached hydrogen (secondary N) is 1. The number of hydrogen-bond donors (Lipinski definition) is 1. The monoisotopic (exact) mass is 300 g/mol. The number of piperidine rings is 1. The second-order valence-electron chi connectivity index (χ2n) is 7.50. The lowest BCUT2D eigenvalue weighted by atomic mass is 9.87. The highest BCUT2D eigenvalue weighted by molar-refractivity contribution is 5.26. The Bertz CT molecular complexity index is 447. The molecule has 2 atom stereocenters. The molecule has 0 spiro atoms. The quantitative estimate of drug-likeness (QED) is 0.889. The zero-order valence-corrected chi connectivity index (χ0v) is 14.4. The van der Waals surface area contributed by atoms with Crippen LogP contribution in [0.1, 0.15) is 56.1 Å². The largest absolute Gasteiger partial charge is 0.312 e. The Balaban J connectivity index is 1.57. The van der Waals surface area contributed by atoms with Crippen molar-refractivity contribution in [2.75, 3.05) is 26.7 Å². The average molecular weight is 300 g/mol. The van der Waals surface area contributed by atoms with E-state index in [9.17, 15) is 0 Å². The van der Waals surface area contributed by atoms with Crippen LogP contribution < -0.4 is 5.32 Å². The van der Waals surface area contributed by atoms with Crippen LogP contribution in [-0.2, 0) is 6.42 Å². The highest BCUT2D eigenvalue weighted by Crippen LogP contribution is 2.28. The maximum atomic E-state index is 3.87. The molecule has 2 fully saturated rings. The predicted octanol–water partition coefficient (Wildman–Crippen LogP) is 3.82. The minimum Gasteiger partial charge on any atom is -0.312 e. The van der Waals surface area contributed by atoms with E-state index >= 15 is 0 Å². The Morgan fingerprint density at radius 1 is 1.09 bits per heavy atom. The molecule has 1 heterocycles. The first-order valence-electron chi connectivity index (χ1n) is 9.25. The molecule has 0 bridgehead atoms. The normalized spacial score (nSPS) is 27.4. The summed E-state index contributed by atoms with van der Waals surface area (Å²) in [5.74, 6) is 1.63. The van der Waals surface area contributed by atoms with Crippen molar-refractivity contribution < 1.29 is 0 Å². The fourth-order valence-corrected chi connectivity index (χ4v) is 4.28. The van der Waals surface area contributed by atoms with Gasteiger partial charge in [-0.25, -0.2) is 0 Å². The van der Waals surface area contributed by atoms with Gasteiger partial charge in [0.1, 0.15) is 0 Å². The summed E-state index contributed by atoms with van der Waals surface area (Å²) in [6, 6.07) is 10.00. The summed E-state index contributed by atoms with van der Waals surface area (Å²) in [6.45, 7) is 5.87. The van der Waals surface area contributed by atoms with E-state index in [4.69, 9.17) is 0 Å². The molecule has 1 aliphatic heterocycles. The van der Waals surface area contributed by atoms with Crippen molar-refractivity contribution >= 4 is 0 Å². The van der Waals surface area contributed by atoms with Crippen LogP contribution in [0.25, 0.3) is 0 Å². The second kappa shape index (κ2) is 7.61. The zero-order valence-electron chi connectivity index (χ0n) is 14.4. The standard InChI is InChI=1S/C20H32N2/c1-3-16-8-10-18(11-9-16)19-12-20(15-22(2)14-19)21-13-17-6-4-5-7-17/h8-11,17,19-21H,3-7,12-15H2,1-2H3. The Labute approximate surface area is 136 Å². The molecule has 1 aromatic rings. The fourth-order valence-electron chi connectivity index (χ4n) is 4.28. The van der Waals surface area contributed by atoms with E-state index in [1.54, 1.807) is 0 Å². The van der Waals surface area contributed by atoms with E-state index < -0.39 is 0 Å². The van der Waals surface area contributed by atoms with E-state index in [0.717, 1.165) is 12.3 Å². The lowest BCUT2D eigenvalue weighted by molar-refractivity contribution is 0.200. The Hall–Kier alpha value is -0.860. The summed E-state index contributed by atoms with van der Waals surface area (Å²) >= 11 is 0. The number of rotatable bonds is 5. The molecule has 3 rings (SSSR count). The van der Waals surface area contributed by atoms with Gasteiger partial charge in [-0.05, 0) is 62.2 Å². The average Bonchev–Trinajstić information content (AvgIpc) is 3.06. The molecule has 1 saturated heterocycles. The molecule has 1 aromatic carbocycles. The summed E-state index contributed by atoms with van der Waals surface area (Å²) in [6.07, 6.45) is 8.21. The van der Waals surface area contributed by atoms with Crippen LogP contribution >= 0.6 is 0 Å². The fraction of sp³-hybridized carbons (Fsp3) is 0.700. The van der Waals surface area contributed by atoms with Gasteiger partial charge in [0.05, 0.1) is 0 Å². The number of likely N-dealkylation sites (tertiary alicyclic amines) is 1. The molecule has 122 valence electrons. The maximum Gasteiger partial charge on any atom is 0.0201 e. The Morgan fingerprint density at radius 3 is 2.50 bits per heavy atom. The summed E-state index contributed by atoms with van der Waals surface area (Å²) in [5.41, 5.74) is 2.97. The first-order chi connectivity index (χ1) is 10.7. The van der Waals surface area contributed by atoms with Gasteiger partial charge in [-0.15, -0.1) is 0 Å². The summed E-state index contributed by atoms with van der Waals surface area (Å²) in [5, 5.41) is 3.87. The number of benzene rings is 1. The lowest BCUT2D eigenvalue weighted by Crippen LogP contribution is -2.47. The molecule has 2 unspecified atom stereocenters. The SMILES string of the molecule is CCc1ccc(C2CC(NCC3CCCC3)CN(C)C2)cc1. The van der Waals surface area contributed by atoms with Crippen LogP contribution in [-0.4, -0.2) is 37.6 Å². The van der Waals surface area contributed by atoms with Crippen LogP contribution in [0.4, 0.5) is 0 Å². The van der Waals surface area contributed by atoms with Gasteiger partial charge in [0, 0.05) is 19.1 Å². The van der Waals surface area contributed by atoms with Gasteiger partial charge in [-0.3, -0.25) is 0 Å². The molecule has 22 heavy (non-hydrogen) atoms. The minimum atomic E-state index is 0.662. The van der Waals surface area contributed by atoms with Gasteiger partial charge in [0.2, 0.25) is 0 Å². The second-order valence-corrected chi connectivity index (χ2v) is 7.50. The first kappa shape index (κ1) is 16.0. The molecule has 1 aliphatic carbocycles. The van der Waals surface area contributed by atoms with E-state index in [-0.39, 0.29) is 0 Å². The topological polar surface area (TPSA) is 15.3 Å². The van der Waals surface area contributed by atoms with Crippen LogP contribution in [0.2, 0.25) is 0 Å². The number of hydrogen-bond acceptors (Lipinski definition) is 2. The van der Waals surface area contributed by atoms with Crippen LogP contribution in [0.5, 0.6) is 0 Å². The summed E-state index contributed by atoms with van der Waals surface area (Å²) in [7, 11) is 2.27. The highest BCUT2D eigenvalue weighted by atomic mass is 15.1. The van der Waals surface area contributed by atoms with Crippen molar-refractivity contribution in [2.45, 2.75) is 57.4 Å². The van der Waals surface area contributed by atoms with Gasteiger partial charge in [0.15, 0.2) is 0 Å². The van der Waals surface area contributed by atoms with E-state index in [2.05, 4.69) is 48.5 Å². The molecule has 0 amide bonds. The summed E-state index contributed by atoms with van der Waals surface area (Å²) < 4.78 is 0. The molecule has 2 aliphatic rings. The van der Waals surface area contributed by atoms with Crippen LogP contribution in [0.15, 0.2) is 24.3 Å². The van der Waals surface area contributed by atoms with Gasteiger partial charge in [-0.2, -0.15) is 0 Å². The van der Waals surface area contributed by atoms with Crippen molar-refractivity contribution in [3.05, 3.63) is 35.4 Å². The van der Waals surface area contributed by atoms with Crippen LogP contribution in [0.3, 0.4) is 0 Å². The third-order valence-electron chi connectivity index (χ3n) is 5.66. The third kappa shape index (κ3) is 4.11. The summed E-state index contributed by atoms with van der Waals surface area (Å²) in [4.78, 5) is 2.51. The highest BCUT2D eigenvalue weighted by Gasteiger charge is 2.27. The van der Waals surface area contributed by atoms with Gasteiger partial charge in [-0.1, -0.05) is 44.0 Å². The van der Waals surface area contributed by atoms with E-state index in [0.29, 0.717) is 12.0 Å². The predicted molar refractivity (Wildman–Crippen MR) is 94.4 cm³/mol. The van der Waals surface area contributed by atoms with Gasteiger partial charge in [0.25, 0.3) is 0 Å². The molecule has 2 heteroatoms. The van der Waals surface area contributed by atoms with Crippen molar-refractivity contribution in [3.63, 3.8) is 0 Å². The smallest absolute Gasteiger partial charge is 0.0201 e. The van der Waals surface area contributed by atoms with Crippen molar-refractivity contribution in [1.82, 2.24) is 10.2 Å². The number of likely N-dealkylation sites (N-methyl/N-ethyl adjacent to an activating group) is 1. The van der Waals surface area contributed by atoms with Crippen LogP contribution in [0, 0.1) is 5.92 Å². The van der Waals surface area contributed by atoms with E-state index in [1.807, 2.05) is 0 Å². The molecule has 2 nitrogen and oxygen atoms in total. The molecule has 0 aromatic heterocycles. The minimum absolute atomic E-state index is 0.662. The third-order valence-corrected chi connectivity index (χ3v) is 5.66. The lowest BCUT2D eigenvalue weighted by Gasteiger charge is -2.37. The molecule has 1 N–H and O–H groups in total.